The van der Waals surface area contributed by atoms with Crippen molar-refractivity contribution in [2.24, 2.45) is 13.0 Å². The fourth-order valence-corrected chi connectivity index (χ4v) is 3.23. The third kappa shape index (κ3) is 5.71. The topological polar surface area (TPSA) is 77.4 Å². The molecule has 1 atom stereocenters. The van der Waals surface area contributed by atoms with Crippen molar-refractivity contribution in [2.45, 2.75) is 70.9 Å². The Balaban J connectivity index is 2.02. The summed E-state index contributed by atoms with van der Waals surface area (Å²) in [5.41, 5.74) is -0.128. The third-order valence-electron chi connectivity index (χ3n) is 4.89. The first-order valence-corrected chi connectivity index (χ1v) is 9.56. The van der Waals surface area contributed by atoms with Crippen molar-refractivity contribution in [1.29, 1.82) is 0 Å². The Morgan fingerprint density at radius 1 is 1.15 bits per heavy atom. The van der Waals surface area contributed by atoms with E-state index < -0.39 is 12.1 Å². The highest BCUT2D eigenvalue weighted by Gasteiger charge is 2.29. The van der Waals surface area contributed by atoms with Crippen molar-refractivity contribution >= 4 is 11.9 Å². The van der Waals surface area contributed by atoms with Gasteiger partial charge in [0.1, 0.15) is 0 Å². The molecular weight excluding hydrogens is 332 g/mol. The monoisotopic (exact) mass is 362 g/mol. The maximum atomic E-state index is 12.7. The molecule has 1 aromatic heterocycles. The normalized spacial score (nSPS) is 17.2. The largest absolute Gasteiger partial charge is 0.448 e. The van der Waals surface area contributed by atoms with Crippen molar-refractivity contribution in [3.8, 4) is 0 Å². The van der Waals surface area contributed by atoms with E-state index in [1.165, 1.54) is 42.2 Å². The highest BCUT2D eigenvalue weighted by Crippen LogP contribution is 2.18. The molecule has 26 heavy (non-hydrogen) atoms. The van der Waals surface area contributed by atoms with Gasteiger partial charge in [-0.25, -0.2) is 4.79 Å². The lowest BCUT2D eigenvalue weighted by molar-refractivity contribution is -0.133. The molecule has 1 fully saturated rings. The van der Waals surface area contributed by atoms with Crippen LogP contribution < -0.4 is 10.9 Å². The summed E-state index contributed by atoms with van der Waals surface area (Å²) in [5, 5.41) is 3.06. The summed E-state index contributed by atoms with van der Waals surface area (Å²) in [6.07, 6.45) is 8.50. The Morgan fingerprint density at radius 3 is 2.35 bits per heavy atom. The number of aryl methyl sites for hydroxylation is 1. The number of amides is 1. The molecule has 1 N–H and O–H groups in total. The van der Waals surface area contributed by atoms with E-state index in [2.05, 4.69) is 5.32 Å². The lowest BCUT2D eigenvalue weighted by Gasteiger charge is -2.26. The average Bonchev–Trinajstić information content (AvgIpc) is 2.56. The van der Waals surface area contributed by atoms with Crippen LogP contribution in [-0.4, -0.2) is 28.6 Å². The number of esters is 1. The fourth-order valence-electron chi connectivity index (χ4n) is 3.23. The summed E-state index contributed by atoms with van der Waals surface area (Å²) in [6.45, 7) is 3.69. The van der Waals surface area contributed by atoms with Crippen LogP contribution in [0.3, 0.4) is 0 Å². The Morgan fingerprint density at radius 2 is 1.77 bits per heavy atom. The van der Waals surface area contributed by atoms with Gasteiger partial charge in [-0.2, -0.15) is 0 Å². The average molecular weight is 362 g/mol. The standard InChI is InChI=1S/C20H30N2O4/c1-14(2)18(19(24)21-16-9-7-5-4-6-8-10-16)26-20(25)15-11-12-22(3)17(23)13-15/h11-14,16,18H,4-10H2,1-3H3,(H,21,24). The summed E-state index contributed by atoms with van der Waals surface area (Å²) >= 11 is 0. The number of ether oxygens (including phenoxy) is 1. The van der Waals surface area contributed by atoms with E-state index in [0.717, 1.165) is 25.7 Å². The summed E-state index contributed by atoms with van der Waals surface area (Å²) in [6, 6.07) is 2.90. The van der Waals surface area contributed by atoms with E-state index in [4.69, 9.17) is 4.74 Å². The van der Waals surface area contributed by atoms with Gasteiger partial charge in [0, 0.05) is 25.4 Å². The van der Waals surface area contributed by atoms with Crippen molar-refractivity contribution in [1.82, 2.24) is 9.88 Å². The molecule has 1 saturated carbocycles. The first kappa shape index (κ1) is 20.2. The fraction of sp³-hybridized carbons (Fsp3) is 0.650. The second-order valence-corrected chi connectivity index (χ2v) is 7.49. The molecule has 0 aliphatic heterocycles. The van der Waals surface area contributed by atoms with Gasteiger partial charge in [-0.05, 0) is 24.8 Å². The molecule has 6 nitrogen and oxygen atoms in total. The zero-order valence-electron chi connectivity index (χ0n) is 16.0. The number of hydrogen-bond donors (Lipinski definition) is 1. The molecule has 2 rings (SSSR count). The number of carbonyl (C=O) groups excluding carboxylic acids is 2. The minimum absolute atomic E-state index is 0.145. The zero-order chi connectivity index (χ0) is 19.1. The van der Waals surface area contributed by atoms with Crippen LogP contribution in [0.25, 0.3) is 0 Å². The smallest absolute Gasteiger partial charge is 0.339 e. The van der Waals surface area contributed by atoms with Gasteiger partial charge in [0.05, 0.1) is 5.56 Å². The highest BCUT2D eigenvalue weighted by atomic mass is 16.5. The number of aromatic nitrogens is 1. The van der Waals surface area contributed by atoms with Crippen molar-refractivity contribution in [2.75, 3.05) is 0 Å². The lowest BCUT2D eigenvalue weighted by atomic mass is 9.96. The Hall–Kier alpha value is -2.11. The predicted octanol–water partition coefficient (Wildman–Crippen LogP) is 2.80. The first-order chi connectivity index (χ1) is 12.4. The molecule has 0 bridgehead atoms. The molecule has 1 aliphatic carbocycles. The quantitative estimate of drug-likeness (QED) is 0.817. The van der Waals surface area contributed by atoms with E-state index >= 15 is 0 Å². The summed E-state index contributed by atoms with van der Waals surface area (Å²) in [7, 11) is 1.61. The predicted molar refractivity (Wildman–Crippen MR) is 100.0 cm³/mol. The maximum absolute atomic E-state index is 12.7. The van der Waals surface area contributed by atoms with E-state index in [1.807, 2.05) is 13.8 Å². The highest BCUT2D eigenvalue weighted by molar-refractivity contribution is 5.92. The van der Waals surface area contributed by atoms with Crippen LogP contribution in [0, 0.1) is 5.92 Å². The van der Waals surface area contributed by atoms with E-state index in [0.29, 0.717) is 0 Å². The summed E-state index contributed by atoms with van der Waals surface area (Å²) < 4.78 is 6.83. The molecule has 6 heteroatoms. The van der Waals surface area contributed by atoms with Crippen molar-refractivity contribution < 1.29 is 14.3 Å². The zero-order valence-corrected chi connectivity index (χ0v) is 16.0. The van der Waals surface area contributed by atoms with Crippen molar-refractivity contribution in [3.05, 3.63) is 34.2 Å². The number of nitrogens with one attached hydrogen (secondary N) is 1. The van der Waals surface area contributed by atoms with Crippen LogP contribution in [-0.2, 0) is 16.6 Å². The summed E-state index contributed by atoms with van der Waals surface area (Å²) in [5.74, 6) is -1.05. The Bertz CT molecular complexity index is 673. The minimum Gasteiger partial charge on any atom is -0.448 e. The van der Waals surface area contributed by atoms with Gasteiger partial charge in [-0.3, -0.25) is 9.59 Å². The van der Waals surface area contributed by atoms with Crippen LogP contribution in [0.5, 0.6) is 0 Å². The molecule has 0 saturated heterocycles. The van der Waals surface area contributed by atoms with Gasteiger partial charge in [-0.15, -0.1) is 0 Å². The molecular formula is C20H30N2O4. The van der Waals surface area contributed by atoms with E-state index in [9.17, 15) is 14.4 Å². The SMILES string of the molecule is CC(C)C(OC(=O)c1ccn(C)c(=O)c1)C(=O)NC1CCCCCCC1. The van der Waals surface area contributed by atoms with Gasteiger partial charge < -0.3 is 14.6 Å². The number of rotatable bonds is 5. The first-order valence-electron chi connectivity index (χ1n) is 9.56. The Labute approximate surface area is 154 Å². The molecule has 1 unspecified atom stereocenters. The molecule has 0 aromatic carbocycles. The lowest BCUT2D eigenvalue weighted by Crippen LogP contribution is -2.45. The second-order valence-electron chi connectivity index (χ2n) is 7.49. The Kier molecular flexibility index (Phi) is 7.42. The minimum atomic E-state index is -0.864. The van der Waals surface area contributed by atoms with Gasteiger partial charge in [0.15, 0.2) is 6.10 Å². The van der Waals surface area contributed by atoms with E-state index in [1.54, 1.807) is 7.05 Å². The third-order valence-corrected chi connectivity index (χ3v) is 4.89. The van der Waals surface area contributed by atoms with Crippen LogP contribution in [0.4, 0.5) is 0 Å². The number of carbonyl (C=O) groups is 2. The molecule has 1 aromatic rings. The molecule has 0 radical (unpaired) electrons. The molecule has 144 valence electrons. The van der Waals surface area contributed by atoms with Crippen LogP contribution in [0.2, 0.25) is 0 Å². The molecule has 1 aliphatic rings. The molecule has 0 spiro atoms. The number of hydrogen-bond acceptors (Lipinski definition) is 4. The second kappa shape index (κ2) is 9.55. The van der Waals surface area contributed by atoms with Crippen molar-refractivity contribution in [3.63, 3.8) is 0 Å². The van der Waals surface area contributed by atoms with Gasteiger partial charge in [0.25, 0.3) is 11.5 Å². The van der Waals surface area contributed by atoms with Crippen LogP contribution >= 0.6 is 0 Å². The van der Waals surface area contributed by atoms with Gasteiger partial charge in [0.2, 0.25) is 0 Å². The number of nitrogens with zero attached hydrogens (tertiary/aromatic N) is 1. The molecule has 1 heterocycles. The van der Waals surface area contributed by atoms with Crippen LogP contribution in [0.1, 0.15) is 69.2 Å². The number of pyridine rings is 1. The van der Waals surface area contributed by atoms with Gasteiger partial charge in [-0.1, -0.05) is 46.0 Å². The van der Waals surface area contributed by atoms with Gasteiger partial charge >= 0.3 is 5.97 Å². The summed E-state index contributed by atoms with van der Waals surface area (Å²) in [4.78, 5) is 36.8. The maximum Gasteiger partial charge on any atom is 0.339 e. The molecule has 1 amide bonds. The van der Waals surface area contributed by atoms with E-state index in [-0.39, 0.29) is 29.0 Å². The van der Waals surface area contributed by atoms with Crippen LogP contribution in [0.15, 0.2) is 23.1 Å².